The minimum atomic E-state index is -8.68. The van der Waals surface area contributed by atoms with Gasteiger partial charge in [0.2, 0.25) is 0 Å². The van der Waals surface area contributed by atoms with Gasteiger partial charge in [-0.05, 0) is 70.9 Å². The van der Waals surface area contributed by atoms with Crippen molar-refractivity contribution in [3.63, 3.8) is 0 Å². The first-order valence-corrected chi connectivity index (χ1v) is 24.9. The van der Waals surface area contributed by atoms with Gasteiger partial charge in [-0.1, -0.05) is 37.1 Å². The summed E-state index contributed by atoms with van der Waals surface area (Å²) < 4.78 is 250. The first-order valence-electron chi connectivity index (χ1n) is 13.1. The molecule has 0 saturated carbocycles. The molecule has 0 aliphatic heterocycles. The Kier molecular flexibility index (Phi) is 22.6. The van der Waals surface area contributed by atoms with Crippen molar-refractivity contribution in [2.75, 3.05) is 6.61 Å². The number of alkyl halides is 17. The average molecular weight is 867 g/mol. The highest BCUT2D eigenvalue weighted by Crippen LogP contribution is 2.64. The zero-order valence-corrected chi connectivity index (χ0v) is 29.6. The Morgan fingerprint density at radius 3 is 1.10 bits per heavy atom. The lowest BCUT2D eigenvalue weighted by Gasteiger charge is -2.44. The van der Waals surface area contributed by atoms with Crippen LogP contribution in [0.15, 0.2) is 0 Å². The molecule has 0 saturated heterocycles. The predicted octanol–water partition coefficient (Wildman–Crippen LogP) is 12.8. The highest BCUT2D eigenvalue weighted by molar-refractivity contribution is 6.89. The summed E-state index contributed by atoms with van der Waals surface area (Å²) in [6.45, 7) is 11.2. The largest absolute Gasteiger partial charge is 0.460 e. The lowest BCUT2D eigenvalue weighted by atomic mass is 9.88. The first kappa shape index (κ1) is 62.5. The van der Waals surface area contributed by atoms with Crippen molar-refractivity contribution in [3.05, 3.63) is 0 Å². The summed E-state index contributed by atoms with van der Waals surface area (Å²) in [4.78, 5) is 0. The van der Waals surface area contributed by atoms with Gasteiger partial charge in [0.15, 0.2) is 16.6 Å². The molecule has 51 heavy (non-hydrogen) atoms. The van der Waals surface area contributed by atoms with Crippen molar-refractivity contribution in [1.29, 1.82) is 0 Å². The molecule has 0 spiro atoms. The van der Waals surface area contributed by atoms with Gasteiger partial charge < -0.3 is 17.5 Å². The van der Waals surface area contributed by atoms with E-state index in [1.54, 1.807) is 19.6 Å². The van der Waals surface area contributed by atoms with Gasteiger partial charge in [0, 0.05) is 13.0 Å². The van der Waals surface area contributed by atoms with Crippen LogP contribution in [0.3, 0.4) is 0 Å². The highest BCUT2D eigenvalue weighted by atomic mass is 28.5. The maximum atomic E-state index is 14.8. The Balaban J connectivity index is -0.00000101. The van der Waals surface area contributed by atoms with Crippen LogP contribution in [0.4, 0.5) is 74.6 Å². The normalized spacial score (nSPS) is 15.6. The Bertz CT molecular complexity index is 1040. The molecule has 0 aromatic heterocycles. The molecule has 1 atom stereocenters. The number of aliphatic hydroxyl groups excluding tert-OH is 1. The van der Waals surface area contributed by atoms with Crippen LogP contribution in [-0.4, -0.2) is 93.1 Å². The van der Waals surface area contributed by atoms with Crippen LogP contribution in [0.25, 0.3) is 0 Å². The smallest absolute Gasteiger partial charge is 0.437 e. The van der Waals surface area contributed by atoms with E-state index in [1.807, 2.05) is 0 Å². The van der Waals surface area contributed by atoms with Crippen molar-refractivity contribution in [1.82, 2.24) is 0 Å². The van der Waals surface area contributed by atoms with E-state index < -0.39 is 93.9 Å². The quantitative estimate of drug-likeness (QED) is 0.110. The number of hydrogen-bond donors (Lipinski definition) is 1. The van der Waals surface area contributed by atoms with Gasteiger partial charge in [0.05, 0.1) is 0 Å². The third kappa shape index (κ3) is 13.1. The summed E-state index contributed by atoms with van der Waals surface area (Å²) in [7, 11) is -13.4. The fourth-order valence-corrected chi connectivity index (χ4v) is 23.1. The summed E-state index contributed by atoms with van der Waals surface area (Å²) >= 11 is 0. The SMILES string of the molecule is C.C.C.C.C.C[Si](C)(C)O[Si](C)(C)O[Si](C)(CCC(F)(F)C(F)(F)C(F)(F)C(F)(F)C(F)(F)C(F)(F)C(F)(F)C(F)(F)F)O[Si](C)(C)CCCO. The second-order valence-electron chi connectivity index (χ2n) is 12.7. The number of aliphatic hydroxyl groups is 1. The molecule has 0 aromatic carbocycles. The van der Waals surface area contributed by atoms with Crippen LogP contribution in [-0.2, 0) is 12.3 Å². The fraction of sp³-hybridized carbons (Fsp3) is 1.00. The van der Waals surface area contributed by atoms with Crippen molar-refractivity contribution in [3.8, 4) is 0 Å². The Labute approximate surface area is 294 Å². The Hall–Kier alpha value is -0.482. The van der Waals surface area contributed by atoms with Gasteiger partial charge in [-0.25, -0.2) is 0 Å². The van der Waals surface area contributed by atoms with E-state index >= 15 is 0 Å². The zero-order valence-electron chi connectivity index (χ0n) is 25.6. The molecule has 0 heterocycles. The van der Waals surface area contributed by atoms with Gasteiger partial charge in [0.1, 0.15) is 0 Å². The monoisotopic (exact) mass is 866 g/mol. The van der Waals surface area contributed by atoms with Gasteiger partial charge in [-0.2, -0.15) is 74.6 Å². The van der Waals surface area contributed by atoms with Crippen molar-refractivity contribution >= 4 is 33.8 Å². The van der Waals surface area contributed by atoms with Crippen LogP contribution >= 0.6 is 0 Å². The minimum Gasteiger partial charge on any atom is -0.437 e. The summed E-state index contributed by atoms with van der Waals surface area (Å²) in [6, 6.07) is -1.38. The first-order chi connectivity index (χ1) is 19.6. The third-order valence-corrected chi connectivity index (χ3v) is 20.9. The van der Waals surface area contributed by atoms with Gasteiger partial charge >= 0.3 is 64.8 Å². The second kappa shape index (κ2) is 18.4. The fourth-order valence-electron chi connectivity index (χ4n) is 4.28. The van der Waals surface area contributed by atoms with Gasteiger partial charge in [-0.3, -0.25) is 0 Å². The van der Waals surface area contributed by atoms with E-state index in [9.17, 15) is 74.6 Å². The summed E-state index contributed by atoms with van der Waals surface area (Å²) in [5.74, 6) is -56.7. The van der Waals surface area contributed by atoms with E-state index in [-0.39, 0.29) is 56.2 Å². The molecule has 4 nitrogen and oxygen atoms in total. The molecule has 0 aromatic rings. The Morgan fingerprint density at radius 2 is 0.784 bits per heavy atom. The number of halogens is 17. The van der Waals surface area contributed by atoms with E-state index in [1.165, 1.54) is 26.2 Å². The highest BCUT2D eigenvalue weighted by Gasteiger charge is 2.95. The summed E-state index contributed by atoms with van der Waals surface area (Å²) in [6.07, 6.45) is -10.4. The van der Waals surface area contributed by atoms with E-state index in [0.29, 0.717) is 0 Å². The molecule has 0 bridgehead atoms. The lowest BCUT2D eigenvalue weighted by Crippen LogP contribution is -2.74. The topological polar surface area (TPSA) is 47.9 Å². The molecular weight excluding hydrogens is 812 g/mol. The van der Waals surface area contributed by atoms with Crippen LogP contribution in [0.1, 0.15) is 50.0 Å². The standard InChI is InChI=1S/C21H35F17O4Si4.5CH4/c1-43(2,3)40-45(6,7)42-46(8,41-44(4,5)12-9-11-39)13-10-14(22,23)15(24,25)16(26,27)17(28,29)18(30,31)19(32,33)20(34,35)21(36,37)38;;;;;/h39H,9-13H2,1-8H3;5*1H4. The maximum Gasteiger partial charge on any atom is 0.460 e. The van der Waals surface area contributed by atoms with Crippen LogP contribution < -0.4 is 0 Å². The summed E-state index contributed by atoms with van der Waals surface area (Å²) in [5.41, 5.74) is 0. The molecule has 0 rings (SSSR count). The van der Waals surface area contributed by atoms with Gasteiger partial charge in [0.25, 0.3) is 0 Å². The van der Waals surface area contributed by atoms with Crippen LogP contribution in [0.5, 0.6) is 0 Å². The van der Waals surface area contributed by atoms with E-state index in [4.69, 9.17) is 17.5 Å². The zero-order chi connectivity index (χ0) is 37.7. The van der Waals surface area contributed by atoms with E-state index in [0.717, 1.165) is 6.55 Å². The Morgan fingerprint density at radius 1 is 0.451 bits per heavy atom. The second-order valence-corrected chi connectivity index (χ2v) is 28.9. The minimum absolute atomic E-state index is 0. The molecule has 318 valence electrons. The number of hydrogen-bond acceptors (Lipinski definition) is 4. The molecule has 0 amide bonds. The van der Waals surface area contributed by atoms with Crippen molar-refractivity contribution in [2.45, 2.75) is 162 Å². The van der Waals surface area contributed by atoms with Crippen LogP contribution in [0.2, 0.25) is 64.5 Å². The van der Waals surface area contributed by atoms with Crippen LogP contribution in [0, 0.1) is 0 Å². The number of rotatable bonds is 18. The summed E-state index contributed by atoms with van der Waals surface area (Å²) in [5, 5.41) is 9.10. The predicted molar refractivity (Wildman–Crippen MR) is 173 cm³/mol. The molecule has 0 radical (unpaired) electrons. The molecule has 0 fully saturated rings. The molecule has 25 heteroatoms. The molecule has 0 aliphatic carbocycles. The van der Waals surface area contributed by atoms with E-state index in [2.05, 4.69) is 0 Å². The molecular formula is C26H55F17O4Si4. The average Bonchev–Trinajstić information content (AvgIpc) is 2.77. The molecule has 0 aliphatic rings. The molecule has 1 N–H and O–H groups in total. The van der Waals surface area contributed by atoms with Crippen molar-refractivity contribution < 1.29 is 92.1 Å². The lowest BCUT2D eigenvalue weighted by molar-refractivity contribution is -0.461. The molecule has 1 unspecified atom stereocenters. The third-order valence-electron chi connectivity index (χ3n) is 6.12. The van der Waals surface area contributed by atoms with Gasteiger partial charge in [-0.15, -0.1) is 0 Å². The maximum absolute atomic E-state index is 14.8. The van der Waals surface area contributed by atoms with Crippen molar-refractivity contribution in [2.24, 2.45) is 0 Å².